The van der Waals surface area contributed by atoms with Gasteiger partial charge in [0.05, 0.1) is 0 Å². The Hall–Kier alpha value is -1.50. The topological polar surface area (TPSA) is 15.8 Å². The summed E-state index contributed by atoms with van der Waals surface area (Å²) in [5.74, 6) is 0. The second-order valence-electron chi connectivity index (χ2n) is 2.52. The van der Waals surface area contributed by atoms with Crippen LogP contribution in [-0.4, -0.2) is 4.98 Å². The van der Waals surface area contributed by atoms with Gasteiger partial charge in [0.2, 0.25) is 0 Å². The summed E-state index contributed by atoms with van der Waals surface area (Å²) < 4.78 is 0. The molecule has 0 bridgehead atoms. The van der Waals surface area contributed by atoms with Gasteiger partial charge in [-0.15, -0.1) is 13.2 Å². The molecule has 1 aromatic heterocycles. The van der Waals surface area contributed by atoms with Gasteiger partial charge >= 0.3 is 0 Å². The van der Waals surface area contributed by atoms with E-state index < -0.39 is 0 Å². The second-order valence-corrected chi connectivity index (χ2v) is 2.52. The standard InChI is InChI=1S/C9H9N.C2H4/c1-7-6-10-9-5-3-2-4-8(7)9;1-2/h2-6,10H,1H3;1-2H2. The van der Waals surface area contributed by atoms with Crippen molar-refractivity contribution in [3.63, 3.8) is 0 Å². The molecule has 0 aliphatic rings. The number of aromatic amines is 1. The van der Waals surface area contributed by atoms with E-state index in [1.54, 1.807) is 0 Å². The molecule has 0 spiro atoms. The van der Waals surface area contributed by atoms with Gasteiger partial charge in [-0.05, 0) is 18.6 Å². The molecular weight excluding hydrogens is 146 g/mol. The average Bonchev–Trinajstić information content (AvgIpc) is 2.53. The molecule has 1 aromatic carbocycles. The van der Waals surface area contributed by atoms with Crippen LogP contribution in [0.4, 0.5) is 0 Å². The fourth-order valence-corrected chi connectivity index (χ4v) is 1.22. The second kappa shape index (κ2) is 3.77. The van der Waals surface area contributed by atoms with Gasteiger partial charge in [0.15, 0.2) is 0 Å². The number of aryl methyl sites for hydroxylation is 1. The predicted molar refractivity (Wildman–Crippen MR) is 54.3 cm³/mol. The van der Waals surface area contributed by atoms with E-state index in [9.17, 15) is 0 Å². The summed E-state index contributed by atoms with van der Waals surface area (Å²) in [7, 11) is 0. The molecule has 0 aliphatic carbocycles. The van der Waals surface area contributed by atoms with Crippen LogP contribution in [0.25, 0.3) is 10.9 Å². The van der Waals surface area contributed by atoms with Crippen molar-refractivity contribution in [1.29, 1.82) is 0 Å². The molecule has 0 radical (unpaired) electrons. The van der Waals surface area contributed by atoms with Crippen LogP contribution >= 0.6 is 0 Å². The van der Waals surface area contributed by atoms with Crippen molar-refractivity contribution < 1.29 is 0 Å². The molecule has 2 rings (SSSR count). The Morgan fingerprint density at radius 2 is 1.83 bits per heavy atom. The number of hydrogen-bond donors (Lipinski definition) is 1. The zero-order valence-electron chi connectivity index (χ0n) is 7.30. The number of H-pyrrole nitrogens is 1. The molecule has 0 unspecified atom stereocenters. The maximum Gasteiger partial charge on any atom is 0.0456 e. The lowest BCUT2D eigenvalue weighted by Crippen LogP contribution is -1.64. The van der Waals surface area contributed by atoms with Crippen molar-refractivity contribution in [2.45, 2.75) is 6.92 Å². The molecule has 0 amide bonds. The number of nitrogens with one attached hydrogen (secondary N) is 1. The van der Waals surface area contributed by atoms with E-state index in [-0.39, 0.29) is 0 Å². The Kier molecular flexibility index (Phi) is 2.70. The number of para-hydroxylation sites is 1. The summed E-state index contributed by atoms with van der Waals surface area (Å²) in [6.07, 6.45) is 2.03. The normalized spacial score (nSPS) is 9.08. The van der Waals surface area contributed by atoms with E-state index in [4.69, 9.17) is 0 Å². The SMILES string of the molecule is C=C.Cc1c[nH]c2ccccc12. The highest BCUT2D eigenvalue weighted by Crippen LogP contribution is 2.15. The molecule has 0 aliphatic heterocycles. The predicted octanol–water partition coefficient (Wildman–Crippen LogP) is 3.28. The van der Waals surface area contributed by atoms with E-state index in [0.717, 1.165) is 0 Å². The summed E-state index contributed by atoms with van der Waals surface area (Å²) in [6, 6.07) is 8.31. The third-order valence-electron chi connectivity index (χ3n) is 1.80. The third kappa shape index (κ3) is 1.40. The van der Waals surface area contributed by atoms with Gasteiger partial charge in [-0.1, -0.05) is 18.2 Å². The van der Waals surface area contributed by atoms with Gasteiger partial charge in [0, 0.05) is 17.1 Å². The molecule has 1 nitrogen and oxygen atoms in total. The van der Waals surface area contributed by atoms with Crippen LogP contribution in [0, 0.1) is 6.92 Å². The van der Waals surface area contributed by atoms with Crippen molar-refractivity contribution in [2.24, 2.45) is 0 Å². The minimum absolute atomic E-state index is 1.22. The van der Waals surface area contributed by atoms with Crippen molar-refractivity contribution >= 4 is 10.9 Å². The molecule has 0 saturated heterocycles. The molecule has 2 aromatic rings. The van der Waals surface area contributed by atoms with E-state index in [2.05, 4.69) is 43.3 Å². The maximum absolute atomic E-state index is 3.19. The first kappa shape index (κ1) is 8.60. The lowest BCUT2D eigenvalue weighted by atomic mass is 10.2. The van der Waals surface area contributed by atoms with Gasteiger partial charge < -0.3 is 4.98 Å². The van der Waals surface area contributed by atoms with Crippen LogP contribution < -0.4 is 0 Å². The molecule has 0 saturated carbocycles. The lowest BCUT2D eigenvalue weighted by Gasteiger charge is -1.86. The van der Waals surface area contributed by atoms with Gasteiger partial charge in [0.1, 0.15) is 0 Å². The Balaban J connectivity index is 0.000000336. The van der Waals surface area contributed by atoms with E-state index >= 15 is 0 Å². The van der Waals surface area contributed by atoms with Crippen molar-refractivity contribution in [3.05, 3.63) is 49.2 Å². The number of benzene rings is 1. The van der Waals surface area contributed by atoms with Crippen molar-refractivity contribution in [1.82, 2.24) is 4.98 Å². The summed E-state index contributed by atoms with van der Waals surface area (Å²) in [6.45, 7) is 8.11. The highest BCUT2D eigenvalue weighted by Gasteiger charge is 1.94. The maximum atomic E-state index is 3.19. The molecule has 1 N–H and O–H groups in total. The van der Waals surface area contributed by atoms with Gasteiger partial charge in [-0.2, -0.15) is 0 Å². The average molecular weight is 159 g/mol. The first-order valence-corrected chi connectivity index (χ1v) is 3.90. The van der Waals surface area contributed by atoms with Crippen LogP contribution in [0.3, 0.4) is 0 Å². The number of hydrogen-bond acceptors (Lipinski definition) is 0. The molecule has 62 valence electrons. The quantitative estimate of drug-likeness (QED) is 0.568. The highest BCUT2D eigenvalue weighted by molar-refractivity contribution is 5.82. The van der Waals surface area contributed by atoms with E-state index in [0.29, 0.717) is 0 Å². The van der Waals surface area contributed by atoms with Crippen LogP contribution in [-0.2, 0) is 0 Å². The van der Waals surface area contributed by atoms with E-state index in [1.807, 2.05) is 12.3 Å². The summed E-state index contributed by atoms with van der Waals surface area (Å²) >= 11 is 0. The zero-order chi connectivity index (χ0) is 8.97. The lowest BCUT2D eigenvalue weighted by molar-refractivity contribution is 1.43. The summed E-state index contributed by atoms with van der Waals surface area (Å²) in [5, 5.41) is 1.32. The zero-order valence-corrected chi connectivity index (χ0v) is 7.30. The van der Waals surface area contributed by atoms with Crippen molar-refractivity contribution in [2.75, 3.05) is 0 Å². The Labute approximate surface area is 72.7 Å². The summed E-state index contributed by atoms with van der Waals surface area (Å²) in [5.41, 5.74) is 2.54. The Morgan fingerprint density at radius 1 is 1.17 bits per heavy atom. The largest absolute Gasteiger partial charge is 0.361 e. The molecule has 0 fully saturated rings. The first-order valence-electron chi connectivity index (χ1n) is 3.90. The van der Waals surface area contributed by atoms with Crippen LogP contribution in [0.5, 0.6) is 0 Å². The molecule has 1 heteroatoms. The molecule has 12 heavy (non-hydrogen) atoms. The smallest absolute Gasteiger partial charge is 0.0456 e. The van der Waals surface area contributed by atoms with Crippen LogP contribution in [0.1, 0.15) is 5.56 Å². The Morgan fingerprint density at radius 3 is 2.50 bits per heavy atom. The van der Waals surface area contributed by atoms with Gasteiger partial charge in [-0.3, -0.25) is 0 Å². The molecule has 0 atom stereocenters. The fraction of sp³-hybridized carbons (Fsp3) is 0.0909. The molecular formula is C11H13N. The van der Waals surface area contributed by atoms with Gasteiger partial charge in [0.25, 0.3) is 0 Å². The van der Waals surface area contributed by atoms with E-state index in [1.165, 1.54) is 16.5 Å². The van der Waals surface area contributed by atoms with Crippen LogP contribution in [0.15, 0.2) is 43.6 Å². The number of aromatic nitrogens is 1. The third-order valence-corrected chi connectivity index (χ3v) is 1.80. The number of rotatable bonds is 0. The van der Waals surface area contributed by atoms with Gasteiger partial charge in [-0.25, -0.2) is 0 Å². The first-order chi connectivity index (χ1) is 5.88. The highest BCUT2D eigenvalue weighted by atomic mass is 14.7. The van der Waals surface area contributed by atoms with Crippen LogP contribution in [0.2, 0.25) is 0 Å². The Bertz CT molecular complexity index is 360. The van der Waals surface area contributed by atoms with Crippen molar-refractivity contribution in [3.8, 4) is 0 Å². The summed E-state index contributed by atoms with van der Waals surface area (Å²) in [4.78, 5) is 3.19. The minimum atomic E-state index is 1.22. The minimum Gasteiger partial charge on any atom is -0.361 e. The monoisotopic (exact) mass is 159 g/mol. The molecule has 1 heterocycles. The fourth-order valence-electron chi connectivity index (χ4n) is 1.22. The number of fused-ring (bicyclic) bond motifs is 1.